The molecule has 3 saturated heterocycles. The average molecular weight is 226 g/mol. The lowest BCUT2D eigenvalue weighted by atomic mass is 9.86. The van der Waals surface area contributed by atoms with Crippen molar-refractivity contribution in [1.82, 2.24) is 10.2 Å². The Labute approximate surface area is 97.2 Å². The van der Waals surface area contributed by atoms with E-state index in [1.165, 1.54) is 63.5 Å². The largest absolute Gasteiger partial charge is 0.316 e. The van der Waals surface area contributed by atoms with E-state index in [9.17, 15) is 0 Å². The lowest BCUT2D eigenvalue weighted by Gasteiger charge is -2.24. The fraction of sp³-hybridized carbons (Fsp3) is 1.00. The van der Waals surface area contributed by atoms with Crippen molar-refractivity contribution in [2.24, 2.45) is 11.3 Å². The Kier molecular flexibility index (Phi) is 2.97. The second-order valence-electron chi connectivity index (χ2n) is 5.64. The Morgan fingerprint density at radius 2 is 2.40 bits per heavy atom. The third-order valence-electron chi connectivity index (χ3n) is 4.39. The normalized spacial score (nSPS) is 42.0. The van der Waals surface area contributed by atoms with Crippen molar-refractivity contribution in [2.45, 2.75) is 19.3 Å². The van der Waals surface area contributed by atoms with Crippen LogP contribution in [-0.4, -0.2) is 49.1 Å². The fourth-order valence-corrected chi connectivity index (χ4v) is 4.69. The first kappa shape index (κ1) is 10.4. The van der Waals surface area contributed by atoms with Crippen molar-refractivity contribution in [1.29, 1.82) is 0 Å². The van der Waals surface area contributed by atoms with Crippen molar-refractivity contribution in [3.8, 4) is 0 Å². The van der Waals surface area contributed by atoms with E-state index in [0.717, 1.165) is 5.92 Å². The van der Waals surface area contributed by atoms with Crippen molar-refractivity contribution >= 4 is 11.8 Å². The summed E-state index contributed by atoms with van der Waals surface area (Å²) in [5.41, 5.74) is 0.672. The van der Waals surface area contributed by atoms with Crippen molar-refractivity contribution in [3.05, 3.63) is 0 Å². The second kappa shape index (κ2) is 4.27. The van der Waals surface area contributed by atoms with Crippen LogP contribution in [0.5, 0.6) is 0 Å². The summed E-state index contributed by atoms with van der Waals surface area (Å²) in [6, 6.07) is 0. The predicted octanol–water partition coefficient (Wildman–Crippen LogP) is 1.42. The minimum Gasteiger partial charge on any atom is -0.316 e. The van der Waals surface area contributed by atoms with Crippen LogP contribution in [-0.2, 0) is 0 Å². The number of likely N-dealkylation sites (tertiary alicyclic amines) is 1. The molecule has 0 saturated carbocycles. The van der Waals surface area contributed by atoms with Gasteiger partial charge >= 0.3 is 0 Å². The highest BCUT2D eigenvalue weighted by molar-refractivity contribution is 7.99. The van der Waals surface area contributed by atoms with E-state index < -0.39 is 0 Å². The lowest BCUT2D eigenvalue weighted by molar-refractivity contribution is 0.248. The monoisotopic (exact) mass is 226 g/mol. The maximum absolute atomic E-state index is 3.54. The van der Waals surface area contributed by atoms with Crippen LogP contribution < -0.4 is 5.32 Å². The number of hydrogen-bond donors (Lipinski definition) is 1. The zero-order valence-electron chi connectivity index (χ0n) is 9.50. The Hall–Kier alpha value is 0.270. The van der Waals surface area contributed by atoms with E-state index in [1.54, 1.807) is 0 Å². The average Bonchev–Trinajstić information content (AvgIpc) is 2.92. The molecule has 3 heterocycles. The van der Waals surface area contributed by atoms with Crippen LogP contribution in [0.3, 0.4) is 0 Å². The van der Waals surface area contributed by atoms with Gasteiger partial charge in [0.2, 0.25) is 0 Å². The highest BCUT2D eigenvalue weighted by Gasteiger charge is 2.40. The predicted molar refractivity (Wildman–Crippen MR) is 66.4 cm³/mol. The van der Waals surface area contributed by atoms with Crippen LogP contribution in [0.1, 0.15) is 19.3 Å². The van der Waals surface area contributed by atoms with Gasteiger partial charge < -0.3 is 10.2 Å². The van der Waals surface area contributed by atoms with Gasteiger partial charge in [0.1, 0.15) is 0 Å². The Balaban J connectivity index is 1.52. The van der Waals surface area contributed by atoms with Crippen LogP contribution in [0, 0.1) is 11.3 Å². The van der Waals surface area contributed by atoms with Crippen LogP contribution in [0.15, 0.2) is 0 Å². The highest BCUT2D eigenvalue weighted by atomic mass is 32.2. The summed E-state index contributed by atoms with van der Waals surface area (Å²) >= 11 is 2.15. The zero-order chi connectivity index (χ0) is 10.1. The van der Waals surface area contributed by atoms with Gasteiger partial charge in [0.15, 0.2) is 0 Å². The molecule has 3 aliphatic rings. The van der Waals surface area contributed by atoms with Gasteiger partial charge in [-0.15, -0.1) is 0 Å². The molecule has 3 aliphatic heterocycles. The summed E-state index contributed by atoms with van der Waals surface area (Å²) in [4.78, 5) is 2.74. The van der Waals surface area contributed by atoms with Gasteiger partial charge in [-0.2, -0.15) is 11.8 Å². The first-order valence-electron chi connectivity index (χ1n) is 6.37. The van der Waals surface area contributed by atoms with Crippen molar-refractivity contribution < 1.29 is 0 Å². The first-order valence-corrected chi connectivity index (χ1v) is 7.53. The molecule has 3 heteroatoms. The third-order valence-corrected chi connectivity index (χ3v) is 5.62. The summed E-state index contributed by atoms with van der Waals surface area (Å²) < 4.78 is 0. The molecule has 2 unspecified atom stereocenters. The molecule has 3 rings (SSSR count). The van der Waals surface area contributed by atoms with E-state index >= 15 is 0 Å². The van der Waals surface area contributed by atoms with E-state index in [1.807, 2.05) is 0 Å². The van der Waals surface area contributed by atoms with E-state index in [2.05, 4.69) is 22.0 Å². The maximum Gasteiger partial charge on any atom is 0.00512 e. The molecule has 1 N–H and O–H groups in total. The Morgan fingerprint density at radius 3 is 3.13 bits per heavy atom. The zero-order valence-corrected chi connectivity index (χ0v) is 10.3. The molecule has 0 radical (unpaired) electrons. The summed E-state index contributed by atoms with van der Waals surface area (Å²) in [5.74, 6) is 3.83. The molecule has 0 amide bonds. The number of nitrogens with zero attached hydrogens (tertiary/aromatic N) is 1. The van der Waals surface area contributed by atoms with Crippen LogP contribution >= 0.6 is 11.8 Å². The Morgan fingerprint density at radius 1 is 1.40 bits per heavy atom. The quantitative estimate of drug-likeness (QED) is 0.767. The summed E-state index contributed by atoms with van der Waals surface area (Å²) in [7, 11) is 0. The van der Waals surface area contributed by atoms with Gasteiger partial charge in [0, 0.05) is 19.6 Å². The molecule has 2 atom stereocenters. The Bertz CT molecular complexity index is 220. The van der Waals surface area contributed by atoms with E-state index in [4.69, 9.17) is 0 Å². The molecule has 0 aromatic carbocycles. The minimum absolute atomic E-state index is 0.672. The van der Waals surface area contributed by atoms with Gasteiger partial charge in [-0.1, -0.05) is 0 Å². The molecular weight excluding hydrogens is 204 g/mol. The maximum atomic E-state index is 3.54. The smallest absolute Gasteiger partial charge is 0.00512 e. The van der Waals surface area contributed by atoms with Crippen LogP contribution in [0.25, 0.3) is 0 Å². The van der Waals surface area contributed by atoms with Gasteiger partial charge in [-0.3, -0.25) is 0 Å². The number of rotatable bonds is 2. The summed E-state index contributed by atoms with van der Waals surface area (Å²) in [6.07, 6.45) is 4.33. The lowest BCUT2D eigenvalue weighted by Crippen LogP contribution is -2.32. The molecule has 0 bridgehead atoms. The van der Waals surface area contributed by atoms with E-state index in [0.29, 0.717) is 5.41 Å². The second-order valence-corrected chi connectivity index (χ2v) is 6.79. The topological polar surface area (TPSA) is 15.3 Å². The molecular formula is C12H22N2S. The first-order chi connectivity index (χ1) is 7.36. The third kappa shape index (κ3) is 2.20. The van der Waals surface area contributed by atoms with Gasteiger partial charge in [0.05, 0.1) is 0 Å². The SMILES string of the molecule is C1CC2(CCN(CC3CCSC3)C2)CN1. The molecule has 2 nitrogen and oxygen atoms in total. The van der Waals surface area contributed by atoms with Gasteiger partial charge in [-0.25, -0.2) is 0 Å². The number of nitrogens with one attached hydrogen (secondary N) is 1. The highest BCUT2D eigenvalue weighted by Crippen LogP contribution is 2.37. The molecule has 86 valence electrons. The van der Waals surface area contributed by atoms with Gasteiger partial charge in [-0.05, 0) is 55.2 Å². The number of thioether (sulfide) groups is 1. The standard InChI is InChI=1S/C12H22N2S/c1-6-15-8-11(1)7-14-5-3-12(10-14)2-4-13-9-12/h11,13H,1-10H2. The molecule has 0 aromatic heterocycles. The summed E-state index contributed by atoms with van der Waals surface area (Å²) in [6.45, 7) is 6.66. The number of hydrogen-bond acceptors (Lipinski definition) is 3. The summed E-state index contributed by atoms with van der Waals surface area (Å²) in [5, 5.41) is 3.54. The fourth-order valence-electron chi connectivity index (χ4n) is 3.42. The minimum atomic E-state index is 0.672. The van der Waals surface area contributed by atoms with Crippen molar-refractivity contribution in [2.75, 3.05) is 44.2 Å². The van der Waals surface area contributed by atoms with Crippen LogP contribution in [0.2, 0.25) is 0 Å². The molecule has 0 aliphatic carbocycles. The van der Waals surface area contributed by atoms with Crippen LogP contribution in [0.4, 0.5) is 0 Å². The van der Waals surface area contributed by atoms with E-state index in [-0.39, 0.29) is 0 Å². The molecule has 3 fully saturated rings. The molecule has 0 aromatic rings. The van der Waals surface area contributed by atoms with Crippen molar-refractivity contribution in [3.63, 3.8) is 0 Å². The van der Waals surface area contributed by atoms with Gasteiger partial charge in [0.25, 0.3) is 0 Å². The molecule has 1 spiro atoms. The molecule has 15 heavy (non-hydrogen) atoms.